The van der Waals surface area contributed by atoms with Crippen LogP contribution in [0.2, 0.25) is 0 Å². The molecule has 0 spiro atoms. The highest BCUT2D eigenvalue weighted by molar-refractivity contribution is 5.94. The predicted octanol–water partition coefficient (Wildman–Crippen LogP) is 4.65. The van der Waals surface area contributed by atoms with Gasteiger partial charge in [0.05, 0.1) is 0 Å². The summed E-state index contributed by atoms with van der Waals surface area (Å²) in [5.74, 6) is 0.167. The highest BCUT2D eigenvalue weighted by Gasteiger charge is 2.23. The van der Waals surface area contributed by atoms with Crippen LogP contribution in [0.1, 0.15) is 59.2 Å². The van der Waals surface area contributed by atoms with Crippen molar-refractivity contribution in [1.29, 1.82) is 0 Å². The van der Waals surface area contributed by atoms with E-state index in [9.17, 15) is 4.79 Å². The summed E-state index contributed by atoms with van der Waals surface area (Å²) in [6, 6.07) is 17.4. The van der Waals surface area contributed by atoms with E-state index in [1.54, 1.807) is 0 Å². The van der Waals surface area contributed by atoms with Gasteiger partial charge in [-0.05, 0) is 48.1 Å². The highest BCUT2D eigenvalue weighted by Crippen LogP contribution is 2.24. The number of fused-ring (bicyclic) bond motifs is 1. The van der Waals surface area contributed by atoms with Crippen molar-refractivity contribution in [3.05, 3.63) is 70.8 Å². The molecule has 3 heteroatoms. The van der Waals surface area contributed by atoms with E-state index in [-0.39, 0.29) is 5.91 Å². The summed E-state index contributed by atoms with van der Waals surface area (Å²) in [4.78, 5) is 17.3. The van der Waals surface area contributed by atoms with Gasteiger partial charge < -0.3 is 4.90 Å². The van der Waals surface area contributed by atoms with E-state index in [0.717, 1.165) is 44.5 Å². The lowest BCUT2D eigenvalue weighted by Gasteiger charge is -2.31. The Kier molecular flexibility index (Phi) is 5.58. The first-order valence-corrected chi connectivity index (χ1v) is 10.4. The molecule has 1 saturated carbocycles. The second kappa shape index (κ2) is 8.26. The minimum absolute atomic E-state index is 0.167. The molecule has 0 atom stereocenters. The average molecular weight is 363 g/mol. The van der Waals surface area contributed by atoms with Gasteiger partial charge in [-0.3, -0.25) is 9.69 Å². The third kappa shape index (κ3) is 4.24. The summed E-state index contributed by atoms with van der Waals surface area (Å²) < 4.78 is 0. The zero-order valence-corrected chi connectivity index (χ0v) is 16.4. The monoisotopic (exact) mass is 362 g/mol. The van der Waals surface area contributed by atoms with Crippen molar-refractivity contribution in [2.24, 2.45) is 0 Å². The standard InChI is InChI=1S/C24H30N2O/c1-25(23-9-3-2-4-10-23)24(27)21-13-11-19(12-14-21)17-26-16-15-20-7-5-6-8-22(20)18-26/h5-8,11-14,23H,2-4,9-10,15-18H2,1H3. The van der Waals surface area contributed by atoms with Gasteiger partial charge in [0.15, 0.2) is 0 Å². The van der Waals surface area contributed by atoms with Crippen molar-refractivity contribution in [3.63, 3.8) is 0 Å². The number of carbonyl (C=O) groups excluding carboxylic acids is 1. The minimum Gasteiger partial charge on any atom is -0.339 e. The van der Waals surface area contributed by atoms with Crippen LogP contribution in [0.25, 0.3) is 0 Å². The summed E-state index contributed by atoms with van der Waals surface area (Å²) in [5, 5.41) is 0. The van der Waals surface area contributed by atoms with Crippen molar-refractivity contribution in [1.82, 2.24) is 9.80 Å². The summed E-state index contributed by atoms with van der Waals surface area (Å²) in [6.45, 7) is 3.06. The van der Waals surface area contributed by atoms with Gasteiger partial charge in [0.1, 0.15) is 0 Å². The van der Waals surface area contributed by atoms with E-state index in [1.165, 1.54) is 36.0 Å². The van der Waals surface area contributed by atoms with Gasteiger partial charge in [-0.15, -0.1) is 0 Å². The first-order chi connectivity index (χ1) is 13.2. The lowest BCUT2D eigenvalue weighted by Crippen LogP contribution is -2.38. The van der Waals surface area contributed by atoms with Crippen LogP contribution in [-0.4, -0.2) is 35.3 Å². The Bertz CT molecular complexity index is 777. The molecule has 0 unspecified atom stereocenters. The Morgan fingerprint density at radius 3 is 2.44 bits per heavy atom. The quantitative estimate of drug-likeness (QED) is 0.790. The lowest BCUT2D eigenvalue weighted by molar-refractivity contribution is 0.0696. The van der Waals surface area contributed by atoms with Crippen LogP contribution in [-0.2, 0) is 19.5 Å². The van der Waals surface area contributed by atoms with Crippen molar-refractivity contribution in [3.8, 4) is 0 Å². The van der Waals surface area contributed by atoms with Gasteiger partial charge in [-0.2, -0.15) is 0 Å². The van der Waals surface area contributed by atoms with Crippen molar-refractivity contribution < 1.29 is 4.79 Å². The number of hydrogen-bond donors (Lipinski definition) is 0. The molecule has 4 rings (SSSR count). The normalized spacial score (nSPS) is 18.1. The Morgan fingerprint density at radius 2 is 1.70 bits per heavy atom. The Hall–Kier alpha value is -2.13. The molecule has 2 aliphatic rings. The Balaban J connectivity index is 1.37. The molecule has 1 heterocycles. The van der Waals surface area contributed by atoms with Gasteiger partial charge in [-0.1, -0.05) is 55.7 Å². The van der Waals surface area contributed by atoms with Crippen molar-refractivity contribution in [2.45, 2.75) is 57.7 Å². The molecule has 2 aromatic rings. The number of rotatable bonds is 4. The first kappa shape index (κ1) is 18.2. The van der Waals surface area contributed by atoms with E-state index in [4.69, 9.17) is 0 Å². The van der Waals surface area contributed by atoms with Crippen LogP contribution in [0, 0.1) is 0 Å². The molecule has 1 aliphatic carbocycles. The molecule has 0 aromatic heterocycles. The first-order valence-electron chi connectivity index (χ1n) is 10.4. The molecule has 3 nitrogen and oxygen atoms in total. The summed E-state index contributed by atoms with van der Waals surface area (Å²) in [6.07, 6.45) is 7.24. The molecule has 2 aromatic carbocycles. The molecule has 0 saturated heterocycles. The van der Waals surface area contributed by atoms with Crippen LogP contribution in [0.4, 0.5) is 0 Å². The maximum Gasteiger partial charge on any atom is 0.253 e. The maximum absolute atomic E-state index is 12.8. The van der Waals surface area contributed by atoms with Gasteiger partial charge in [-0.25, -0.2) is 0 Å². The fraction of sp³-hybridized carbons (Fsp3) is 0.458. The van der Waals surface area contributed by atoms with Crippen LogP contribution in [0.5, 0.6) is 0 Å². The summed E-state index contributed by atoms with van der Waals surface area (Å²) in [7, 11) is 1.97. The fourth-order valence-electron chi connectivity index (χ4n) is 4.54. The van der Waals surface area contributed by atoms with Crippen molar-refractivity contribution >= 4 is 5.91 Å². The molecular formula is C24H30N2O. The number of nitrogens with zero attached hydrogens (tertiary/aromatic N) is 2. The largest absolute Gasteiger partial charge is 0.339 e. The lowest BCUT2D eigenvalue weighted by atomic mass is 9.94. The van der Waals surface area contributed by atoms with Gasteiger partial charge in [0.25, 0.3) is 5.91 Å². The highest BCUT2D eigenvalue weighted by atomic mass is 16.2. The number of benzene rings is 2. The van der Waals surface area contributed by atoms with Gasteiger partial charge in [0, 0.05) is 38.3 Å². The van der Waals surface area contributed by atoms with Crippen LogP contribution >= 0.6 is 0 Å². The molecular weight excluding hydrogens is 332 g/mol. The van der Waals surface area contributed by atoms with E-state index in [0.29, 0.717) is 6.04 Å². The molecule has 0 bridgehead atoms. The Labute approximate surface area is 163 Å². The van der Waals surface area contributed by atoms with E-state index in [1.807, 2.05) is 24.1 Å². The SMILES string of the molecule is CN(C(=O)c1ccc(CN2CCc3ccccc3C2)cc1)C1CCCCC1. The number of hydrogen-bond acceptors (Lipinski definition) is 2. The van der Waals surface area contributed by atoms with Crippen LogP contribution < -0.4 is 0 Å². The number of carbonyl (C=O) groups is 1. The maximum atomic E-state index is 12.8. The second-order valence-corrected chi connectivity index (χ2v) is 8.13. The molecule has 0 radical (unpaired) electrons. The third-order valence-electron chi connectivity index (χ3n) is 6.26. The molecule has 1 amide bonds. The predicted molar refractivity (Wildman–Crippen MR) is 110 cm³/mol. The van der Waals surface area contributed by atoms with Gasteiger partial charge >= 0.3 is 0 Å². The third-order valence-corrected chi connectivity index (χ3v) is 6.26. The van der Waals surface area contributed by atoms with E-state index >= 15 is 0 Å². The Morgan fingerprint density at radius 1 is 1.00 bits per heavy atom. The minimum atomic E-state index is 0.167. The van der Waals surface area contributed by atoms with Crippen molar-refractivity contribution in [2.75, 3.05) is 13.6 Å². The molecule has 27 heavy (non-hydrogen) atoms. The van der Waals surface area contributed by atoms with E-state index in [2.05, 4.69) is 41.3 Å². The molecule has 1 aliphatic heterocycles. The van der Waals surface area contributed by atoms with Crippen LogP contribution in [0.15, 0.2) is 48.5 Å². The smallest absolute Gasteiger partial charge is 0.253 e. The van der Waals surface area contributed by atoms with E-state index < -0.39 is 0 Å². The molecule has 1 fully saturated rings. The fourth-order valence-corrected chi connectivity index (χ4v) is 4.54. The molecule has 0 N–H and O–H groups in total. The summed E-state index contributed by atoms with van der Waals surface area (Å²) in [5.41, 5.74) is 5.03. The van der Waals surface area contributed by atoms with Crippen LogP contribution in [0.3, 0.4) is 0 Å². The zero-order valence-electron chi connectivity index (χ0n) is 16.4. The topological polar surface area (TPSA) is 23.6 Å². The van der Waals surface area contributed by atoms with Gasteiger partial charge in [0.2, 0.25) is 0 Å². The molecule has 142 valence electrons. The summed E-state index contributed by atoms with van der Waals surface area (Å²) >= 11 is 0. The second-order valence-electron chi connectivity index (χ2n) is 8.13. The number of amides is 1. The average Bonchev–Trinajstić information content (AvgIpc) is 2.74. The zero-order chi connectivity index (χ0) is 18.6.